The number of ether oxygens (including phenoxy) is 2. The summed E-state index contributed by atoms with van der Waals surface area (Å²) in [7, 11) is 1.62. The Hall–Kier alpha value is -2.63. The van der Waals surface area contributed by atoms with Crippen LogP contribution in [-0.2, 0) is 11.2 Å². The van der Waals surface area contributed by atoms with Gasteiger partial charge in [0, 0.05) is 24.7 Å². The maximum Gasteiger partial charge on any atom is 0.227 e. The Morgan fingerprint density at radius 3 is 2.88 bits per heavy atom. The number of methoxy groups -OCH3 is 1. The molecule has 0 N–H and O–H groups in total. The Morgan fingerprint density at radius 2 is 2.12 bits per heavy atom. The van der Waals surface area contributed by atoms with E-state index in [1.54, 1.807) is 7.11 Å². The molecule has 132 valence electrons. The zero-order valence-corrected chi connectivity index (χ0v) is 14.9. The molecule has 1 saturated heterocycles. The summed E-state index contributed by atoms with van der Waals surface area (Å²) >= 11 is 0. The van der Waals surface area contributed by atoms with E-state index in [1.807, 2.05) is 49.1 Å². The Morgan fingerprint density at radius 1 is 1.28 bits per heavy atom. The average molecular weight is 341 g/mol. The molecule has 1 atom stereocenters. The summed E-state index contributed by atoms with van der Waals surface area (Å²) in [5.41, 5.74) is 1.84. The van der Waals surface area contributed by atoms with E-state index >= 15 is 0 Å². The van der Waals surface area contributed by atoms with Crippen molar-refractivity contribution < 1.29 is 14.3 Å². The Labute approximate surface area is 147 Å². The first-order chi connectivity index (χ1) is 12.0. The molecule has 3 rings (SSSR count). The lowest BCUT2D eigenvalue weighted by atomic mass is 10.1. The van der Waals surface area contributed by atoms with E-state index in [1.165, 1.54) is 0 Å². The molecule has 0 bridgehead atoms. The highest BCUT2D eigenvalue weighted by Gasteiger charge is 2.28. The molecule has 25 heavy (non-hydrogen) atoms. The van der Waals surface area contributed by atoms with Crippen LogP contribution in [0, 0.1) is 13.8 Å². The molecule has 1 aromatic carbocycles. The Balaban J connectivity index is 1.57. The third kappa shape index (κ3) is 4.47. The number of carbonyl (C=O) groups excluding carboxylic acids is 1. The van der Waals surface area contributed by atoms with Gasteiger partial charge in [-0.3, -0.25) is 4.79 Å². The molecule has 0 aliphatic carbocycles. The zero-order valence-electron chi connectivity index (χ0n) is 14.9. The molecule has 0 radical (unpaired) electrons. The van der Waals surface area contributed by atoms with Crippen molar-refractivity contribution in [3.05, 3.63) is 47.4 Å². The topological polar surface area (TPSA) is 64.5 Å². The van der Waals surface area contributed by atoms with Crippen molar-refractivity contribution in [1.29, 1.82) is 0 Å². The summed E-state index contributed by atoms with van der Waals surface area (Å²) in [4.78, 5) is 22.9. The van der Waals surface area contributed by atoms with Gasteiger partial charge in [0.25, 0.3) is 0 Å². The fraction of sp³-hybridized carbons (Fsp3) is 0.421. The minimum absolute atomic E-state index is 0.0250. The molecule has 1 aromatic heterocycles. The molecule has 1 aliphatic heterocycles. The van der Waals surface area contributed by atoms with Gasteiger partial charge in [-0.25, -0.2) is 4.98 Å². The average Bonchev–Trinajstić information content (AvgIpc) is 3.02. The summed E-state index contributed by atoms with van der Waals surface area (Å²) < 4.78 is 11.1. The summed E-state index contributed by atoms with van der Waals surface area (Å²) in [6, 6.07) is 9.44. The molecular weight excluding hydrogens is 318 g/mol. The van der Waals surface area contributed by atoms with Gasteiger partial charge in [0.1, 0.15) is 17.7 Å². The lowest BCUT2D eigenvalue weighted by Gasteiger charge is -2.17. The van der Waals surface area contributed by atoms with Gasteiger partial charge in [-0.05, 0) is 31.5 Å². The van der Waals surface area contributed by atoms with E-state index in [4.69, 9.17) is 9.47 Å². The largest absolute Gasteiger partial charge is 0.497 e. The molecule has 1 amide bonds. The van der Waals surface area contributed by atoms with Crippen LogP contribution in [0.1, 0.15) is 23.5 Å². The number of hydrogen-bond acceptors (Lipinski definition) is 5. The predicted molar refractivity (Wildman–Crippen MR) is 93.8 cm³/mol. The van der Waals surface area contributed by atoms with Crippen molar-refractivity contribution >= 4 is 5.91 Å². The second-order valence-electron chi connectivity index (χ2n) is 6.29. The Kier molecular flexibility index (Phi) is 5.16. The second kappa shape index (κ2) is 7.51. The molecule has 2 heterocycles. The molecule has 1 fully saturated rings. The molecular formula is C19H23N3O3. The van der Waals surface area contributed by atoms with Gasteiger partial charge in [0.05, 0.1) is 20.1 Å². The van der Waals surface area contributed by atoms with E-state index in [0.29, 0.717) is 31.2 Å². The molecule has 0 saturated carbocycles. The van der Waals surface area contributed by atoms with Crippen LogP contribution in [0.4, 0.5) is 0 Å². The van der Waals surface area contributed by atoms with Gasteiger partial charge < -0.3 is 14.4 Å². The van der Waals surface area contributed by atoms with Gasteiger partial charge >= 0.3 is 0 Å². The smallest absolute Gasteiger partial charge is 0.227 e. The lowest BCUT2D eigenvalue weighted by Crippen LogP contribution is -2.32. The van der Waals surface area contributed by atoms with Crippen molar-refractivity contribution in [2.45, 2.75) is 32.8 Å². The number of carbonyl (C=O) groups is 1. The third-order valence-corrected chi connectivity index (χ3v) is 4.22. The molecule has 2 aromatic rings. The minimum Gasteiger partial charge on any atom is -0.497 e. The van der Waals surface area contributed by atoms with E-state index in [0.717, 1.165) is 23.4 Å². The summed E-state index contributed by atoms with van der Waals surface area (Å²) in [6.07, 6.45) is 1.16. The molecule has 0 spiro atoms. The van der Waals surface area contributed by atoms with Crippen LogP contribution in [0.2, 0.25) is 0 Å². The fourth-order valence-electron chi connectivity index (χ4n) is 3.03. The first kappa shape index (κ1) is 17.2. The van der Waals surface area contributed by atoms with Crippen LogP contribution < -0.4 is 9.47 Å². The fourth-order valence-corrected chi connectivity index (χ4v) is 3.03. The van der Waals surface area contributed by atoms with Crippen molar-refractivity contribution in [3.8, 4) is 11.6 Å². The van der Waals surface area contributed by atoms with Crippen LogP contribution in [0.25, 0.3) is 0 Å². The third-order valence-electron chi connectivity index (χ3n) is 4.22. The lowest BCUT2D eigenvalue weighted by molar-refractivity contribution is -0.129. The highest BCUT2D eigenvalue weighted by Crippen LogP contribution is 2.19. The quantitative estimate of drug-likeness (QED) is 0.835. The van der Waals surface area contributed by atoms with Crippen molar-refractivity contribution in [1.82, 2.24) is 14.9 Å². The van der Waals surface area contributed by atoms with Crippen molar-refractivity contribution in [3.63, 3.8) is 0 Å². The molecule has 6 heteroatoms. The van der Waals surface area contributed by atoms with E-state index in [-0.39, 0.29) is 12.0 Å². The van der Waals surface area contributed by atoms with Crippen molar-refractivity contribution in [2.75, 3.05) is 20.2 Å². The number of nitrogens with zero attached hydrogens (tertiary/aromatic N) is 3. The number of amides is 1. The van der Waals surface area contributed by atoms with Gasteiger partial charge in [0.2, 0.25) is 11.8 Å². The minimum atomic E-state index is -0.0250. The first-order valence-corrected chi connectivity index (χ1v) is 8.43. The molecule has 1 unspecified atom stereocenters. The summed E-state index contributed by atoms with van der Waals surface area (Å²) in [5.74, 6) is 2.15. The number of aromatic nitrogens is 2. The normalized spacial score (nSPS) is 16.8. The van der Waals surface area contributed by atoms with Crippen molar-refractivity contribution in [2.24, 2.45) is 0 Å². The maximum atomic E-state index is 12.5. The monoisotopic (exact) mass is 341 g/mol. The molecule has 1 aliphatic rings. The molecule has 6 nitrogen and oxygen atoms in total. The highest BCUT2D eigenvalue weighted by atomic mass is 16.5. The number of hydrogen-bond donors (Lipinski definition) is 0. The van der Waals surface area contributed by atoms with Crippen LogP contribution in [0.5, 0.6) is 11.6 Å². The Bertz CT molecular complexity index is 743. The van der Waals surface area contributed by atoms with Gasteiger partial charge in [0.15, 0.2) is 0 Å². The van der Waals surface area contributed by atoms with Crippen LogP contribution in [-0.4, -0.2) is 47.1 Å². The number of benzene rings is 1. The number of likely N-dealkylation sites (tertiary alicyclic amines) is 1. The van der Waals surface area contributed by atoms with Gasteiger partial charge in [-0.2, -0.15) is 4.98 Å². The van der Waals surface area contributed by atoms with Gasteiger partial charge in [-0.15, -0.1) is 0 Å². The summed E-state index contributed by atoms with van der Waals surface area (Å²) in [5, 5.41) is 0. The maximum absolute atomic E-state index is 12.5. The predicted octanol–water partition coefficient (Wildman–Crippen LogP) is 2.32. The van der Waals surface area contributed by atoms with E-state index in [2.05, 4.69) is 9.97 Å². The van der Waals surface area contributed by atoms with E-state index < -0.39 is 0 Å². The van der Waals surface area contributed by atoms with Crippen LogP contribution in [0.3, 0.4) is 0 Å². The van der Waals surface area contributed by atoms with Crippen LogP contribution in [0.15, 0.2) is 30.3 Å². The van der Waals surface area contributed by atoms with Crippen LogP contribution >= 0.6 is 0 Å². The van der Waals surface area contributed by atoms with Gasteiger partial charge in [-0.1, -0.05) is 12.1 Å². The standard InChI is InChI=1S/C19H23N3O3/c1-13-9-18(21-14(2)20-13)25-17-7-8-22(12-17)19(23)11-15-5-4-6-16(10-15)24-3/h4-6,9-10,17H,7-8,11-12H2,1-3H3. The number of aryl methyl sites for hydroxylation is 2. The first-order valence-electron chi connectivity index (χ1n) is 8.43. The second-order valence-corrected chi connectivity index (χ2v) is 6.29. The zero-order chi connectivity index (χ0) is 17.8. The highest BCUT2D eigenvalue weighted by molar-refractivity contribution is 5.79. The number of rotatable bonds is 5. The SMILES string of the molecule is COc1cccc(CC(=O)N2CCC(Oc3cc(C)nc(C)n3)C2)c1. The summed E-state index contributed by atoms with van der Waals surface area (Å²) in [6.45, 7) is 5.06. The van der Waals surface area contributed by atoms with E-state index in [9.17, 15) is 4.79 Å².